The van der Waals surface area contributed by atoms with E-state index in [1.54, 1.807) is 0 Å². The highest BCUT2D eigenvalue weighted by atomic mass is 15.3. The van der Waals surface area contributed by atoms with Crippen LogP contribution in [0.2, 0.25) is 0 Å². The maximum absolute atomic E-state index is 6.14. The summed E-state index contributed by atoms with van der Waals surface area (Å²) in [4.78, 5) is 21.3. The van der Waals surface area contributed by atoms with Gasteiger partial charge in [-0.2, -0.15) is 9.97 Å². The predicted octanol–water partition coefficient (Wildman–Crippen LogP) is 2.44. The van der Waals surface area contributed by atoms with E-state index in [0.29, 0.717) is 5.95 Å². The zero-order valence-corrected chi connectivity index (χ0v) is 19.2. The van der Waals surface area contributed by atoms with Crippen LogP contribution in [0.3, 0.4) is 0 Å². The Bertz CT molecular complexity index is 1070. The first-order valence-corrected chi connectivity index (χ1v) is 11.5. The Kier molecular flexibility index (Phi) is 5.60. The smallest absolute Gasteiger partial charge is 0.229 e. The number of piperazine rings is 1. The summed E-state index contributed by atoms with van der Waals surface area (Å²) in [6, 6.07) is 9.03. The normalized spacial score (nSPS) is 20.0. The van der Waals surface area contributed by atoms with Crippen LogP contribution < -0.4 is 20.9 Å². The second-order valence-corrected chi connectivity index (χ2v) is 9.25. The van der Waals surface area contributed by atoms with Crippen LogP contribution in [0.1, 0.15) is 26.3 Å². The van der Waals surface area contributed by atoms with Gasteiger partial charge in [0.05, 0.1) is 6.33 Å². The number of nitrogens with zero attached hydrogens (tertiary/aromatic N) is 7. The average molecular weight is 436 g/mol. The number of benzene rings is 1. The zero-order chi connectivity index (χ0) is 22.2. The van der Waals surface area contributed by atoms with Crippen molar-refractivity contribution in [1.82, 2.24) is 24.4 Å². The summed E-state index contributed by atoms with van der Waals surface area (Å²) in [5, 5.41) is 3.50. The summed E-state index contributed by atoms with van der Waals surface area (Å²) in [7, 11) is 2.18. The van der Waals surface area contributed by atoms with Crippen molar-refractivity contribution in [3.05, 3.63) is 30.6 Å². The second-order valence-electron chi connectivity index (χ2n) is 9.25. The minimum absolute atomic E-state index is 0.169. The molecule has 0 amide bonds. The molecular formula is C23H33N9. The van der Waals surface area contributed by atoms with Gasteiger partial charge in [0.1, 0.15) is 0 Å². The number of fused-ring (bicyclic) bond motifs is 1. The molecule has 3 N–H and O–H groups in total. The minimum Gasteiger partial charge on any atom is -0.369 e. The Labute approximate surface area is 189 Å². The molecule has 2 aromatic heterocycles. The van der Waals surface area contributed by atoms with Crippen LogP contribution in [0.25, 0.3) is 11.2 Å². The van der Waals surface area contributed by atoms with Crippen molar-refractivity contribution < 1.29 is 0 Å². The molecule has 9 heteroatoms. The molecule has 0 aliphatic carbocycles. The Morgan fingerprint density at radius 1 is 1.00 bits per heavy atom. The SMILES string of the molecule is CC(C)n1cnc2c(Nc3ccc(N4CCN(C)CC4)cc3)nc(N3CCC(N)C3)nc21. The number of hydrogen-bond donors (Lipinski definition) is 2. The van der Waals surface area contributed by atoms with E-state index in [1.165, 1.54) is 5.69 Å². The molecule has 5 rings (SSSR count). The van der Waals surface area contributed by atoms with Gasteiger partial charge in [0.25, 0.3) is 0 Å². The molecule has 9 nitrogen and oxygen atoms in total. The van der Waals surface area contributed by atoms with Gasteiger partial charge in [0, 0.05) is 62.7 Å². The number of likely N-dealkylation sites (N-methyl/N-ethyl adjacent to an activating group) is 1. The fourth-order valence-electron chi connectivity index (χ4n) is 4.44. The van der Waals surface area contributed by atoms with Crippen LogP contribution in [-0.2, 0) is 0 Å². The Balaban J connectivity index is 1.44. The van der Waals surface area contributed by atoms with Gasteiger partial charge in [-0.05, 0) is 51.6 Å². The average Bonchev–Trinajstić information content (AvgIpc) is 3.41. The van der Waals surface area contributed by atoms with E-state index in [2.05, 4.69) is 74.7 Å². The highest BCUT2D eigenvalue weighted by Gasteiger charge is 2.24. The van der Waals surface area contributed by atoms with Gasteiger partial charge in [-0.15, -0.1) is 0 Å². The summed E-state index contributed by atoms with van der Waals surface area (Å²) in [5.74, 6) is 1.45. The van der Waals surface area contributed by atoms with Crippen LogP contribution in [0.4, 0.5) is 23.1 Å². The van der Waals surface area contributed by atoms with Crippen LogP contribution in [0.5, 0.6) is 0 Å². The molecule has 0 saturated carbocycles. The van der Waals surface area contributed by atoms with Crippen LogP contribution >= 0.6 is 0 Å². The molecule has 2 aliphatic heterocycles. The lowest BCUT2D eigenvalue weighted by Gasteiger charge is -2.34. The number of nitrogens with two attached hydrogens (primary N) is 1. The quantitative estimate of drug-likeness (QED) is 0.632. The molecule has 0 bridgehead atoms. The lowest BCUT2D eigenvalue weighted by atomic mass is 10.2. The molecular weight excluding hydrogens is 402 g/mol. The van der Waals surface area contributed by atoms with Gasteiger partial charge in [0.15, 0.2) is 17.0 Å². The summed E-state index contributed by atoms with van der Waals surface area (Å²) in [5.41, 5.74) is 10.0. The largest absolute Gasteiger partial charge is 0.369 e. The lowest BCUT2D eigenvalue weighted by molar-refractivity contribution is 0.313. The van der Waals surface area contributed by atoms with Crippen LogP contribution in [0.15, 0.2) is 30.6 Å². The van der Waals surface area contributed by atoms with Gasteiger partial charge >= 0.3 is 0 Å². The summed E-state index contributed by atoms with van der Waals surface area (Å²) in [6.07, 6.45) is 2.81. The number of hydrogen-bond acceptors (Lipinski definition) is 8. The number of aromatic nitrogens is 4. The summed E-state index contributed by atoms with van der Waals surface area (Å²) in [6.45, 7) is 10.2. The first-order valence-electron chi connectivity index (χ1n) is 11.5. The minimum atomic E-state index is 0.169. The molecule has 0 radical (unpaired) electrons. The van der Waals surface area contributed by atoms with Gasteiger partial charge < -0.3 is 30.3 Å². The first kappa shape index (κ1) is 21.0. The number of nitrogens with one attached hydrogen (secondary N) is 1. The third-order valence-electron chi connectivity index (χ3n) is 6.47. The monoisotopic (exact) mass is 435 g/mol. The first-order chi connectivity index (χ1) is 15.5. The molecule has 3 aromatic rings. The van der Waals surface area contributed by atoms with Crippen molar-refractivity contribution in [2.24, 2.45) is 5.73 Å². The van der Waals surface area contributed by atoms with Gasteiger partial charge in [-0.3, -0.25) is 0 Å². The van der Waals surface area contributed by atoms with Gasteiger partial charge in [-0.1, -0.05) is 0 Å². The van der Waals surface area contributed by atoms with E-state index in [1.807, 2.05) is 6.33 Å². The van der Waals surface area contributed by atoms with E-state index in [4.69, 9.17) is 15.7 Å². The van der Waals surface area contributed by atoms with Gasteiger partial charge in [-0.25, -0.2) is 4.98 Å². The molecule has 0 spiro atoms. The molecule has 1 unspecified atom stereocenters. The standard InChI is InChI=1S/C23H33N9/c1-16(2)32-15-25-20-21(27-23(28-22(20)32)31-9-8-17(24)14-31)26-18-4-6-19(7-5-18)30-12-10-29(3)11-13-30/h4-7,15-17H,8-14,24H2,1-3H3,(H,26,27,28). The van der Waals surface area contributed by atoms with E-state index in [0.717, 1.165) is 68.4 Å². The number of imidazole rings is 1. The molecule has 4 heterocycles. The van der Waals surface area contributed by atoms with E-state index in [9.17, 15) is 0 Å². The Morgan fingerprint density at radius 2 is 1.75 bits per heavy atom. The number of anilines is 4. The molecule has 1 atom stereocenters. The third-order valence-corrected chi connectivity index (χ3v) is 6.47. The van der Waals surface area contributed by atoms with Crippen molar-refractivity contribution in [3.8, 4) is 0 Å². The van der Waals surface area contributed by atoms with Crippen molar-refractivity contribution in [3.63, 3.8) is 0 Å². The predicted molar refractivity (Wildman–Crippen MR) is 130 cm³/mol. The maximum Gasteiger partial charge on any atom is 0.229 e. The molecule has 2 fully saturated rings. The maximum atomic E-state index is 6.14. The summed E-state index contributed by atoms with van der Waals surface area (Å²) < 4.78 is 2.10. The highest BCUT2D eigenvalue weighted by molar-refractivity contribution is 5.87. The zero-order valence-electron chi connectivity index (χ0n) is 19.2. The molecule has 2 aliphatic rings. The molecule has 170 valence electrons. The second kappa shape index (κ2) is 8.55. The molecule has 2 saturated heterocycles. The van der Waals surface area contributed by atoms with Crippen molar-refractivity contribution in [2.75, 3.05) is 61.4 Å². The fraction of sp³-hybridized carbons (Fsp3) is 0.522. The lowest BCUT2D eigenvalue weighted by Crippen LogP contribution is -2.44. The Morgan fingerprint density at radius 3 is 2.41 bits per heavy atom. The van der Waals surface area contributed by atoms with Gasteiger partial charge in [0.2, 0.25) is 5.95 Å². The van der Waals surface area contributed by atoms with E-state index < -0.39 is 0 Å². The summed E-state index contributed by atoms with van der Waals surface area (Å²) >= 11 is 0. The molecule has 1 aromatic carbocycles. The number of rotatable bonds is 5. The Hall–Kier alpha value is -2.91. The van der Waals surface area contributed by atoms with Crippen molar-refractivity contribution in [2.45, 2.75) is 32.4 Å². The molecule has 32 heavy (non-hydrogen) atoms. The van der Waals surface area contributed by atoms with Crippen LogP contribution in [-0.4, -0.2) is 76.8 Å². The third kappa shape index (κ3) is 4.10. The van der Waals surface area contributed by atoms with Crippen LogP contribution in [0, 0.1) is 0 Å². The highest BCUT2D eigenvalue weighted by Crippen LogP contribution is 2.29. The topological polar surface area (TPSA) is 91.4 Å². The van der Waals surface area contributed by atoms with Crippen molar-refractivity contribution >= 4 is 34.3 Å². The van der Waals surface area contributed by atoms with E-state index in [-0.39, 0.29) is 12.1 Å². The van der Waals surface area contributed by atoms with Crippen molar-refractivity contribution in [1.29, 1.82) is 0 Å². The fourth-order valence-corrected chi connectivity index (χ4v) is 4.44. The van der Waals surface area contributed by atoms with E-state index >= 15 is 0 Å².